The maximum atomic E-state index is 13.3. The van der Waals surface area contributed by atoms with Crippen molar-refractivity contribution in [3.05, 3.63) is 35.6 Å². The van der Waals surface area contributed by atoms with E-state index in [-0.39, 0.29) is 23.4 Å². The Morgan fingerprint density at radius 1 is 1.29 bits per heavy atom. The number of nitrogens with one attached hydrogen (secondary N) is 1. The molecule has 0 radical (unpaired) electrons. The number of likely N-dealkylation sites (N-methyl/N-ethyl adjacent to an activating group) is 1. The maximum Gasteiger partial charge on any atom is 0.123 e. The summed E-state index contributed by atoms with van der Waals surface area (Å²) in [5.41, 5.74) is 0.892. The molecule has 1 rings (SSSR count). The zero-order valence-corrected chi connectivity index (χ0v) is 11.3. The molecule has 0 saturated carbocycles. The summed E-state index contributed by atoms with van der Waals surface area (Å²) in [6, 6.07) is 6.64. The van der Waals surface area contributed by atoms with Crippen molar-refractivity contribution < 1.29 is 9.13 Å². The van der Waals surface area contributed by atoms with Crippen molar-refractivity contribution in [2.75, 3.05) is 14.2 Å². The van der Waals surface area contributed by atoms with Crippen molar-refractivity contribution in [3.63, 3.8) is 0 Å². The van der Waals surface area contributed by atoms with Crippen LogP contribution in [0.3, 0.4) is 0 Å². The molecule has 2 atom stereocenters. The van der Waals surface area contributed by atoms with Gasteiger partial charge >= 0.3 is 0 Å². The largest absolute Gasteiger partial charge is 0.379 e. The van der Waals surface area contributed by atoms with E-state index in [0.29, 0.717) is 0 Å². The van der Waals surface area contributed by atoms with E-state index in [2.05, 4.69) is 26.1 Å². The molecule has 3 heteroatoms. The lowest BCUT2D eigenvalue weighted by molar-refractivity contribution is -0.0102. The summed E-state index contributed by atoms with van der Waals surface area (Å²) in [7, 11) is 3.56. The monoisotopic (exact) mass is 239 g/mol. The highest BCUT2D eigenvalue weighted by Gasteiger charge is 2.32. The second-order valence-electron chi connectivity index (χ2n) is 5.34. The molecule has 1 aromatic rings. The minimum atomic E-state index is -0.216. The number of ether oxygens (including phenoxy) is 1. The standard InChI is InChI=1S/C14H22FNO/c1-14(2,3)13(17-5)12(16-4)10-7-6-8-11(15)9-10/h6-9,12-13,16H,1-5H3. The summed E-state index contributed by atoms with van der Waals surface area (Å²) >= 11 is 0. The number of rotatable bonds is 4. The summed E-state index contributed by atoms with van der Waals surface area (Å²) in [6.45, 7) is 6.35. The summed E-state index contributed by atoms with van der Waals surface area (Å²) in [5.74, 6) is -0.216. The van der Waals surface area contributed by atoms with Gasteiger partial charge in [-0.15, -0.1) is 0 Å². The molecule has 0 fully saturated rings. The van der Waals surface area contributed by atoms with Crippen LogP contribution >= 0.6 is 0 Å². The average Bonchev–Trinajstić information content (AvgIpc) is 2.23. The van der Waals surface area contributed by atoms with Gasteiger partial charge in [-0.3, -0.25) is 0 Å². The zero-order chi connectivity index (χ0) is 13.1. The lowest BCUT2D eigenvalue weighted by atomic mass is 9.82. The molecule has 0 aliphatic rings. The van der Waals surface area contributed by atoms with Crippen LogP contribution in [0.5, 0.6) is 0 Å². The van der Waals surface area contributed by atoms with Crippen LogP contribution in [0.1, 0.15) is 32.4 Å². The Labute approximate surface area is 103 Å². The minimum Gasteiger partial charge on any atom is -0.379 e. The van der Waals surface area contributed by atoms with Crippen LogP contribution in [-0.4, -0.2) is 20.3 Å². The van der Waals surface area contributed by atoms with E-state index in [1.54, 1.807) is 19.2 Å². The molecule has 0 spiro atoms. The van der Waals surface area contributed by atoms with Crippen molar-refractivity contribution >= 4 is 0 Å². The third-order valence-corrected chi connectivity index (χ3v) is 2.93. The fraction of sp³-hybridized carbons (Fsp3) is 0.571. The first kappa shape index (κ1) is 14.1. The molecule has 0 heterocycles. The highest BCUT2D eigenvalue weighted by atomic mass is 19.1. The molecule has 0 aliphatic heterocycles. The van der Waals surface area contributed by atoms with Crippen LogP contribution in [0.15, 0.2) is 24.3 Å². The number of benzene rings is 1. The molecule has 17 heavy (non-hydrogen) atoms. The van der Waals surface area contributed by atoms with E-state index in [4.69, 9.17) is 4.74 Å². The van der Waals surface area contributed by atoms with Gasteiger partial charge in [0.25, 0.3) is 0 Å². The predicted molar refractivity (Wildman–Crippen MR) is 68.5 cm³/mol. The van der Waals surface area contributed by atoms with E-state index in [0.717, 1.165) is 5.56 Å². The summed E-state index contributed by atoms with van der Waals surface area (Å²) in [5, 5.41) is 3.21. The molecule has 0 aliphatic carbocycles. The SMILES string of the molecule is CNC(c1cccc(F)c1)C(OC)C(C)(C)C. The van der Waals surface area contributed by atoms with Gasteiger partial charge in [-0.25, -0.2) is 4.39 Å². The second-order valence-corrected chi connectivity index (χ2v) is 5.34. The van der Waals surface area contributed by atoms with Gasteiger partial charge in [-0.1, -0.05) is 32.9 Å². The van der Waals surface area contributed by atoms with Gasteiger partial charge in [0.05, 0.1) is 12.1 Å². The Kier molecular flexibility index (Phi) is 4.66. The number of hydrogen-bond donors (Lipinski definition) is 1. The maximum absolute atomic E-state index is 13.3. The van der Waals surface area contributed by atoms with Crippen LogP contribution in [0, 0.1) is 11.2 Å². The van der Waals surface area contributed by atoms with Gasteiger partial charge in [0.15, 0.2) is 0 Å². The van der Waals surface area contributed by atoms with Crippen LogP contribution in [0.25, 0.3) is 0 Å². The van der Waals surface area contributed by atoms with E-state index in [1.807, 2.05) is 13.1 Å². The first-order chi connectivity index (χ1) is 7.90. The molecule has 2 unspecified atom stereocenters. The second kappa shape index (κ2) is 5.61. The zero-order valence-electron chi connectivity index (χ0n) is 11.3. The van der Waals surface area contributed by atoms with Crippen molar-refractivity contribution in [1.82, 2.24) is 5.32 Å². The Morgan fingerprint density at radius 2 is 1.94 bits per heavy atom. The molecule has 0 aromatic heterocycles. The summed E-state index contributed by atoms with van der Waals surface area (Å²) in [6.07, 6.45) is -0.0192. The Balaban J connectivity index is 3.05. The van der Waals surface area contributed by atoms with Gasteiger partial charge < -0.3 is 10.1 Å². The average molecular weight is 239 g/mol. The fourth-order valence-electron chi connectivity index (χ4n) is 2.18. The third-order valence-electron chi connectivity index (χ3n) is 2.93. The van der Waals surface area contributed by atoms with Gasteiger partial charge in [-0.05, 0) is 30.2 Å². The summed E-state index contributed by atoms with van der Waals surface area (Å²) < 4.78 is 18.8. The van der Waals surface area contributed by atoms with Gasteiger partial charge in [0.1, 0.15) is 5.82 Å². The molecule has 0 saturated heterocycles. The highest BCUT2D eigenvalue weighted by molar-refractivity contribution is 5.22. The first-order valence-electron chi connectivity index (χ1n) is 5.85. The molecular formula is C14H22FNO. The molecule has 0 bridgehead atoms. The fourth-order valence-corrected chi connectivity index (χ4v) is 2.18. The predicted octanol–water partition coefficient (Wildman–Crippen LogP) is 3.15. The molecule has 0 amide bonds. The normalized spacial score (nSPS) is 15.6. The topological polar surface area (TPSA) is 21.3 Å². The van der Waals surface area contributed by atoms with Crippen molar-refractivity contribution in [2.24, 2.45) is 5.41 Å². The van der Waals surface area contributed by atoms with Crippen molar-refractivity contribution in [2.45, 2.75) is 32.9 Å². The number of hydrogen-bond acceptors (Lipinski definition) is 2. The van der Waals surface area contributed by atoms with Crippen molar-refractivity contribution in [3.8, 4) is 0 Å². The number of methoxy groups -OCH3 is 1. The van der Waals surface area contributed by atoms with E-state index < -0.39 is 0 Å². The highest BCUT2D eigenvalue weighted by Crippen LogP contribution is 2.32. The van der Waals surface area contributed by atoms with E-state index in [9.17, 15) is 4.39 Å². The quantitative estimate of drug-likeness (QED) is 0.871. The lowest BCUT2D eigenvalue weighted by Gasteiger charge is -2.36. The van der Waals surface area contributed by atoms with Crippen LogP contribution in [0.4, 0.5) is 4.39 Å². The van der Waals surface area contributed by atoms with Crippen LogP contribution < -0.4 is 5.32 Å². The molecule has 1 aromatic carbocycles. The lowest BCUT2D eigenvalue weighted by Crippen LogP contribution is -2.40. The van der Waals surface area contributed by atoms with Gasteiger partial charge in [0, 0.05) is 7.11 Å². The van der Waals surface area contributed by atoms with Crippen molar-refractivity contribution in [1.29, 1.82) is 0 Å². The molecule has 1 N–H and O–H groups in total. The molecular weight excluding hydrogens is 217 g/mol. The first-order valence-corrected chi connectivity index (χ1v) is 5.85. The third kappa shape index (κ3) is 3.51. The molecule has 2 nitrogen and oxygen atoms in total. The molecule has 96 valence electrons. The number of halogens is 1. The van der Waals surface area contributed by atoms with Gasteiger partial charge in [0.2, 0.25) is 0 Å². The minimum absolute atomic E-state index is 0.0179. The van der Waals surface area contributed by atoms with E-state index >= 15 is 0 Å². The Hall–Kier alpha value is -0.930. The Morgan fingerprint density at radius 3 is 2.35 bits per heavy atom. The van der Waals surface area contributed by atoms with Gasteiger partial charge in [-0.2, -0.15) is 0 Å². The smallest absolute Gasteiger partial charge is 0.123 e. The Bertz CT molecular complexity index is 359. The van der Waals surface area contributed by atoms with Crippen LogP contribution in [0.2, 0.25) is 0 Å². The summed E-state index contributed by atoms with van der Waals surface area (Å²) in [4.78, 5) is 0. The van der Waals surface area contributed by atoms with Crippen LogP contribution in [-0.2, 0) is 4.74 Å². The van der Waals surface area contributed by atoms with E-state index in [1.165, 1.54) is 6.07 Å².